The molecular formula is C13H17NOS. The van der Waals surface area contributed by atoms with Gasteiger partial charge in [0.1, 0.15) is 0 Å². The van der Waals surface area contributed by atoms with E-state index in [9.17, 15) is 4.79 Å². The molecule has 0 bridgehead atoms. The van der Waals surface area contributed by atoms with Crippen LogP contribution in [0.5, 0.6) is 0 Å². The second kappa shape index (κ2) is 3.66. The first kappa shape index (κ1) is 10.5. The SMILES string of the molecule is O=c1ccc2c(n1CC1(CS)CC1)CCC2. The Balaban J connectivity index is 2.00. The van der Waals surface area contributed by atoms with E-state index in [0.717, 1.165) is 25.1 Å². The topological polar surface area (TPSA) is 22.0 Å². The van der Waals surface area contributed by atoms with Crippen molar-refractivity contribution in [1.29, 1.82) is 0 Å². The van der Waals surface area contributed by atoms with E-state index in [0.29, 0.717) is 5.41 Å². The molecule has 2 nitrogen and oxygen atoms in total. The molecule has 3 heteroatoms. The second-order valence-electron chi connectivity index (χ2n) is 5.24. The molecule has 86 valence electrons. The molecule has 0 amide bonds. The number of rotatable bonds is 3. The van der Waals surface area contributed by atoms with Crippen LogP contribution in [0.3, 0.4) is 0 Å². The molecule has 1 saturated carbocycles. The van der Waals surface area contributed by atoms with Crippen LogP contribution >= 0.6 is 12.6 Å². The summed E-state index contributed by atoms with van der Waals surface area (Å²) in [5.74, 6) is 0.906. The summed E-state index contributed by atoms with van der Waals surface area (Å²) in [5, 5.41) is 0. The lowest BCUT2D eigenvalue weighted by molar-refractivity contribution is 0.453. The van der Waals surface area contributed by atoms with Gasteiger partial charge in [-0.3, -0.25) is 4.79 Å². The zero-order chi connectivity index (χ0) is 11.2. The summed E-state index contributed by atoms with van der Waals surface area (Å²) in [5.41, 5.74) is 3.17. The quantitative estimate of drug-likeness (QED) is 0.796. The van der Waals surface area contributed by atoms with Crippen LogP contribution in [-0.4, -0.2) is 10.3 Å². The average Bonchev–Trinajstić information content (AvgIpc) is 2.91. The van der Waals surface area contributed by atoms with Crippen molar-refractivity contribution in [2.45, 2.75) is 38.6 Å². The smallest absolute Gasteiger partial charge is 0.250 e. The Kier molecular flexibility index (Phi) is 2.39. The number of aryl methyl sites for hydroxylation is 1. The van der Waals surface area contributed by atoms with Crippen molar-refractivity contribution in [2.75, 3.05) is 5.75 Å². The van der Waals surface area contributed by atoms with Crippen LogP contribution in [0.1, 0.15) is 30.5 Å². The van der Waals surface area contributed by atoms with Crippen LogP contribution in [0, 0.1) is 5.41 Å². The highest BCUT2D eigenvalue weighted by Crippen LogP contribution is 2.48. The van der Waals surface area contributed by atoms with Gasteiger partial charge in [0, 0.05) is 18.3 Å². The van der Waals surface area contributed by atoms with Crippen LogP contribution in [-0.2, 0) is 19.4 Å². The Labute approximate surface area is 101 Å². The van der Waals surface area contributed by atoms with Crippen molar-refractivity contribution < 1.29 is 0 Å². The van der Waals surface area contributed by atoms with Crippen LogP contribution < -0.4 is 5.56 Å². The summed E-state index contributed by atoms with van der Waals surface area (Å²) in [4.78, 5) is 11.9. The summed E-state index contributed by atoms with van der Waals surface area (Å²) in [7, 11) is 0. The predicted molar refractivity (Wildman–Crippen MR) is 68.2 cm³/mol. The minimum atomic E-state index is 0.175. The van der Waals surface area contributed by atoms with E-state index in [1.54, 1.807) is 6.07 Å². The van der Waals surface area contributed by atoms with Crippen LogP contribution in [0.25, 0.3) is 0 Å². The third-order valence-electron chi connectivity index (χ3n) is 4.04. The predicted octanol–water partition coefficient (Wildman–Crippen LogP) is 2.05. The minimum Gasteiger partial charge on any atom is -0.312 e. The maximum atomic E-state index is 11.9. The van der Waals surface area contributed by atoms with Gasteiger partial charge in [0.25, 0.3) is 5.56 Å². The number of thiol groups is 1. The summed E-state index contributed by atoms with van der Waals surface area (Å²) in [6, 6.07) is 3.75. The highest BCUT2D eigenvalue weighted by Gasteiger charge is 2.42. The first-order chi connectivity index (χ1) is 7.74. The second-order valence-corrected chi connectivity index (χ2v) is 5.56. The zero-order valence-electron chi connectivity index (χ0n) is 9.41. The molecule has 0 spiro atoms. The lowest BCUT2D eigenvalue weighted by atomic mass is 10.1. The largest absolute Gasteiger partial charge is 0.312 e. The van der Waals surface area contributed by atoms with Gasteiger partial charge in [-0.05, 0) is 48.8 Å². The molecule has 0 saturated heterocycles. The van der Waals surface area contributed by atoms with Gasteiger partial charge >= 0.3 is 0 Å². The molecule has 2 aliphatic carbocycles. The molecule has 0 aliphatic heterocycles. The molecule has 0 unspecified atom stereocenters. The van der Waals surface area contributed by atoms with Gasteiger partial charge in [0.2, 0.25) is 0 Å². The Hall–Kier alpha value is -0.700. The Morgan fingerprint density at radius 2 is 2.12 bits per heavy atom. The highest BCUT2D eigenvalue weighted by molar-refractivity contribution is 7.80. The van der Waals surface area contributed by atoms with E-state index in [2.05, 4.69) is 12.6 Å². The highest BCUT2D eigenvalue weighted by atomic mass is 32.1. The molecule has 1 heterocycles. The first-order valence-corrected chi connectivity index (χ1v) is 6.70. The van der Waals surface area contributed by atoms with E-state index in [4.69, 9.17) is 0 Å². The Bertz CT molecular complexity index is 473. The van der Waals surface area contributed by atoms with Crippen LogP contribution in [0.15, 0.2) is 16.9 Å². The lowest BCUT2D eigenvalue weighted by Crippen LogP contribution is -2.27. The van der Waals surface area contributed by atoms with E-state index < -0.39 is 0 Å². The third kappa shape index (κ3) is 1.61. The normalized spacial score (nSPS) is 20.8. The van der Waals surface area contributed by atoms with Crippen molar-refractivity contribution in [3.8, 4) is 0 Å². The van der Waals surface area contributed by atoms with Crippen molar-refractivity contribution >= 4 is 12.6 Å². The van der Waals surface area contributed by atoms with E-state index in [1.807, 2.05) is 10.6 Å². The maximum absolute atomic E-state index is 11.9. The fourth-order valence-corrected chi connectivity index (χ4v) is 3.10. The van der Waals surface area contributed by atoms with Gasteiger partial charge in [-0.2, -0.15) is 12.6 Å². The van der Waals surface area contributed by atoms with Gasteiger partial charge in [0.05, 0.1) is 0 Å². The molecule has 16 heavy (non-hydrogen) atoms. The molecule has 2 aliphatic rings. The summed E-state index contributed by atoms with van der Waals surface area (Å²) in [6.07, 6.45) is 5.88. The van der Waals surface area contributed by atoms with Gasteiger partial charge < -0.3 is 4.57 Å². The van der Waals surface area contributed by atoms with E-state index >= 15 is 0 Å². The fraction of sp³-hybridized carbons (Fsp3) is 0.615. The maximum Gasteiger partial charge on any atom is 0.250 e. The van der Waals surface area contributed by atoms with Gasteiger partial charge in [-0.15, -0.1) is 0 Å². The average molecular weight is 235 g/mol. The van der Waals surface area contributed by atoms with Gasteiger partial charge in [0.15, 0.2) is 0 Å². The Morgan fingerprint density at radius 3 is 2.81 bits per heavy atom. The standard InChI is InChI=1S/C13H17NOS/c15-12-5-4-10-2-1-3-11(10)14(12)8-13(9-16)6-7-13/h4-5,16H,1-3,6-9H2. The van der Waals surface area contributed by atoms with Gasteiger partial charge in [-0.25, -0.2) is 0 Å². The lowest BCUT2D eigenvalue weighted by Gasteiger charge is -2.17. The number of fused-ring (bicyclic) bond motifs is 1. The number of aromatic nitrogens is 1. The third-order valence-corrected chi connectivity index (χ3v) is 4.71. The fourth-order valence-electron chi connectivity index (χ4n) is 2.69. The molecule has 3 rings (SSSR count). The zero-order valence-corrected chi connectivity index (χ0v) is 10.3. The molecule has 0 radical (unpaired) electrons. The molecule has 1 aromatic rings. The number of pyridine rings is 1. The number of nitrogens with zero attached hydrogens (tertiary/aromatic N) is 1. The molecule has 0 aromatic carbocycles. The summed E-state index contributed by atoms with van der Waals surface area (Å²) in [6.45, 7) is 0.887. The van der Waals surface area contributed by atoms with Crippen molar-refractivity contribution in [1.82, 2.24) is 4.57 Å². The van der Waals surface area contributed by atoms with Crippen LogP contribution in [0.4, 0.5) is 0 Å². The Morgan fingerprint density at radius 1 is 1.31 bits per heavy atom. The first-order valence-electron chi connectivity index (χ1n) is 6.07. The minimum absolute atomic E-state index is 0.175. The van der Waals surface area contributed by atoms with Crippen LogP contribution in [0.2, 0.25) is 0 Å². The molecular weight excluding hydrogens is 218 g/mol. The molecule has 1 fully saturated rings. The number of hydrogen-bond donors (Lipinski definition) is 1. The van der Waals surface area contributed by atoms with Gasteiger partial charge in [-0.1, -0.05) is 6.07 Å². The van der Waals surface area contributed by atoms with Crippen molar-refractivity contribution in [2.24, 2.45) is 5.41 Å². The summed E-state index contributed by atoms with van der Waals surface area (Å²) < 4.78 is 2.02. The van der Waals surface area contributed by atoms with E-state index in [1.165, 1.54) is 30.5 Å². The molecule has 0 N–H and O–H groups in total. The van der Waals surface area contributed by atoms with E-state index in [-0.39, 0.29) is 5.56 Å². The van der Waals surface area contributed by atoms with Crippen molar-refractivity contribution in [3.63, 3.8) is 0 Å². The molecule has 1 aromatic heterocycles. The molecule has 0 atom stereocenters. The summed E-state index contributed by atoms with van der Waals surface area (Å²) >= 11 is 4.42. The number of hydrogen-bond acceptors (Lipinski definition) is 2. The van der Waals surface area contributed by atoms with Crippen molar-refractivity contribution in [3.05, 3.63) is 33.7 Å². The monoisotopic (exact) mass is 235 g/mol.